The fourth-order valence-electron chi connectivity index (χ4n) is 2.27. The number of aromatic nitrogens is 1. The van der Waals surface area contributed by atoms with Gasteiger partial charge in [0.05, 0.1) is 0 Å². The molecule has 1 aliphatic rings. The Balaban J connectivity index is 1.98. The van der Waals surface area contributed by atoms with Crippen molar-refractivity contribution >= 4 is 0 Å². The molecule has 0 atom stereocenters. The number of hydrogen-bond donors (Lipinski definition) is 0. The first-order valence-electron chi connectivity index (χ1n) is 5.70. The molecule has 18 heavy (non-hydrogen) atoms. The van der Waals surface area contributed by atoms with Crippen LogP contribution in [0.3, 0.4) is 0 Å². The molecule has 0 spiro atoms. The Kier molecular flexibility index (Phi) is 2.43. The van der Waals surface area contributed by atoms with Gasteiger partial charge in [0.25, 0.3) is 0 Å². The number of benzene rings is 1. The summed E-state index contributed by atoms with van der Waals surface area (Å²) in [6, 6.07) is 6.57. The lowest BCUT2D eigenvalue weighted by atomic mass is 10.0. The Morgan fingerprint density at radius 3 is 2.56 bits per heavy atom. The quantitative estimate of drug-likeness (QED) is 0.771. The Hall–Kier alpha value is -1.78. The highest BCUT2D eigenvalue weighted by atomic mass is 19.4. The Labute approximate surface area is 101 Å². The Morgan fingerprint density at radius 1 is 1.06 bits per heavy atom. The maximum atomic E-state index is 12.4. The fourth-order valence-corrected chi connectivity index (χ4v) is 2.27. The monoisotopic (exact) mass is 253 g/mol. The molecule has 1 aromatic heterocycles. The molecule has 2 aromatic rings. The van der Waals surface area contributed by atoms with Crippen LogP contribution in [0.25, 0.3) is 11.3 Å². The molecule has 0 saturated carbocycles. The third-order valence-electron chi connectivity index (χ3n) is 3.18. The lowest BCUT2D eigenvalue weighted by Gasteiger charge is -2.01. The van der Waals surface area contributed by atoms with Gasteiger partial charge in [-0.15, -0.1) is 0 Å². The minimum atomic E-state index is -4.46. The lowest BCUT2D eigenvalue weighted by molar-refractivity contribution is -0.142. The van der Waals surface area contributed by atoms with E-state index in [0.717, 1.165) is 25.3 Å². The van der Waals surface area contributed by atoms with Gasteiger partial charge in [-0.25, -0.2) is 0 Å². The maximum absolute atomic E-state index is 12.4. The number of halogens is 3. The second-order valence-corrected chi connectivity index (χ2v) is 4.41. The average molecular weight is 253 g/mol. The van der Waals surface area contributed by atoms with Crippen LogP contribution < -0.4 is 0 Å². The van der Waals surface area contributed by atoms with Crippen LogP contribution in [0.4, 0.5) is 13.2 Å². The van der Waals surface area contributed by atoms with Gasteiger partial charge >= 0.3 is 6.18 Å². The number of fused-ring (bicyclic) bond motifs is 1. The van der Waals surface area contributed by atoms with Crippen molar-refractivity contribution in [2.24, 2.45) is 0 Å². The molecular weight excluding hydrogens is 243 g/mol. The summed E-state index contributed by atoms with van der Waals surface area (Å²) >= 11 is 0. The van der Waals surface area contributed by atoms with Gasteiger partial charge in [0.1, 0.15) is 0 Å². The highest BCUT2D eigenvalue weighted by Gasteiger charge is 2.35. The lowest BCUT2D eigenvalue weighted by Crippen LogP contribution is -2.04. The van der Waals surface area contributed by atoms with Gasteiger partial charge in [0.15, 0.2) is 11.5 Å². The number of rotatable bonds is 1. The number of aryl methyl sites for hydroxylation is 2. The molecule has 0 unspecified atom stereocenters. The first-order chi connectivity index (χ1) is 8.54. The average Bonchev–Trinajstić information content (AvgIpc) is 2.96. The highest BCUT2D eigenvalue weighted by Crippen LogP contribution is 2.33. The minimum absolute atomic E-state index is 0.164. The summed E-state index contributed by atoms with van der Waals surface area (Å²) in [4.78, 5) is 0. The van der Waals surface area contributed by atoms with Gasteiger partial charge in [-0.1, -0.05) is 17.3 Å². The molecule has 0 saturated heterocycles. The van der Waals surface area contributed by atoms with Crippen molar-refractivity contribution in [1.29, 1.82) is 0 Å². The second-order valence-electron chi connectivity index (χ2n) is 4.41. The first kappa shape index (κ1) is 11.3. The number of nitrogens with zero attached hydrogens (tertiary/aromatic N) is 1. The minimum Gasteiger partial charge on any atom is -0.356 e. The number of alkyl halides is 3. The summed E-state index contributed by atoms with van der Waals surface area (Å²) in [5, 5.41) is 3.06. The fraction of sp³-hybridized carbons (Fsp3) is 0.308. The normalized spacial score (nSPS) is 14.8. The molecule has 1 aliphatic carbocycles. The van der Waals surface area contributed by atoms with E-state index in [-0.39, 0.29) is 5.76 Å². The maximum Gasteiger partial charge on any atom is 0.436 e. The zero-order chi connectivity index (χ0) is 12.8. The summed E-state index contributed by atoms with van der Waals surface area (Å²) < 4.78 is 42.0. The zero-order valence-corrected chi connectivity index (χ0v) is 9.42. The van der Waals surface area contributed by atoms with E-state index < -0.39 is 11.9 Å². The molecule has 1 heterocycles. The predicted molar refractivity (Wildman–Crippen MR) is 59.0 cm³/mol. The van der Waals surface area contributed by atoms with E-state index in [2.05, 4.69) is 5.16 Å². The van der Waals surface area contributed by atoms with E-state index in [1.165, 1.54) is 11.1 Å². The van der Waals surface area contributed by atoms with Gasteiger partial charge in [-0.3, -0.25) is 0 Å². The van der Waals surface area contributed by atoms with Crippen molar-refractivity contribution in [2.45, 2.75) is 25.4 Å². The molecule has 0 aliphatic heterocycles. The second kappa shape index (κ2) is 3.86. The third-order valence-corrected chi connectivity index (χ3v) is 3.18. The van der Waals surface area contributed by atoms with Gasteiger partial charge in [0, 0.05) is 11.6 Å². The third kappa shape index (κ3) is 1.89. The van der Waals surface area contributed by atoms with Crippen LogP contribution in [0.2, 0.25) is 0 Å². The van der Waals surface area contributed by atoms with Crippen molar-refractivity contribution in [1.82, 2.24) is 5.16 Å². The van der Waals surface area contributed by atoms with E-state index in [1.54, 1.807) is 6.07 Å². The van der Waals surface area contributed by atoms with Crippen LogP contribution in [-0.2, 0) is 19.0 Å². The van der Waals surface area contributed by atoms with Gasteiger partial charge in [-0.2, -0.15) is 13.2 Å². The summed E-state index contributed by atoms with van der Waals surface area (Å²) in [6.45, 7) is 0. The van der Waals surface area contributed by atoms with E-state index in [0.29, 0.717) is 5.56 Å². The van der Waals surface area contributed by atoms with Crippen LogP contribution in [0.1, 0.15) is 23.2 Å². The first-order valence-corrected chi connectivity index (χ1v) is 5.70. The molecule has 0 radical (unpaired) electrons. The molecule has 0 N–H and O–H groups in total. The standard InChI is InChI=1S/C13H10F3NO/c14-13(15,16)12-7-11(18-17-12)10-5-4-8-2-1-3-9(8)6-10/h4-7H,1-3H2. The smallest absolute Gasteiger partial charge is 0.356 e. The topological polar surface area (TPSA) is 26.0 Å². The largest absolute Gasteiger partial charge is 0.436 e. The molecule has 0 bridgehead atoms. The van der Waals surface area contributed by atoms with Crippen LogP contribution in [-0.4, -0.2) is 5.16 Å². The molecule has 5 heteroatoms. The Bertz CT molecular complexity index is 586. The van der Waals surface area contributed by atoms with Crippen LogP contribution >= 0.6 is 0 Å². The van der Waals surface area contributed by atoms with Gasteiger partial charge in [-0.05, 0) is 36.5 Å². The highest BCUT2D eigenvalue weighted by molar-refractivity contribution is 5.60. The Morgan fingerprint density at radius 2 is 1.83 bits per heavy atom. The van der Waals surface area contributed by atoms with Crippen molar-refractivity contribution in [3.05, 3.63) is 41.1 Å². The van der Waals surface area contributed by atoms with E-state index in [1.807, 2.05) is 12.1 Å². The summed E-state index contributed by atoms with van der Waals surface area (Å²) in [5.41, 5.74) is 2.13. The van der Waals surface area contributed by atoms with E-state index >= 15 is 0 Å². The molecule has 94 valence electrons. The molecule has 0 fully saturated rings. The summed E-state index contributed by atoms with van der Waals surface area (Å²) in [5.74, 6) is 0.164. The van der Waals surface area contributed by atoms with Crippen molar-refractivity contribution in [3.63, 3.8) is 0 Å². The van der Waals surface area contributed by atoms with Gasteiger partial charge < -0.3 is 4.52 Å². The van der Waals surface area contributed by atoms with Crippen molar-refractivity contribution < 1.29 is 17.7 Å². The van der Waals surface area contributed by atoms with E-state index in [4.69, 9.17) is 4.52 Å². The molecule has 2 nitrogen and oxygen atoms in total. The van der Waals surface area contributed by atoms with Crippen molar-refractivity contribution in [3.8, 4) is 11.3 Å². The molecule has 3 rings (SSSR count). The zero-order valence-electron chi connectivity index (χ0n) is 9.42. The molecule has 0 amide bonds. The number of hydrogen-bond acceptors (Lipinski definition) is 2. The van der Waals surface area contributed by atoms with Crippen LogP contribution in [0.15, 0.2) is 28.8 Å². The van der Waals surface area contributed by atoms with Gasteiger partial charge in [0.2, 0.25) is 0 Å². The van der Waals surface area contributed by atoms with E-state index in [9.17, 15) is 13.2 Å². The predicted octanol–water partition coefficient (Wildman–Crippen LogP) is 3.85. The summed E-state index contributed by atoms with van der Waals surface area (Å²) in [6.07, 6.45) is -1.34. The van der Waals surface area contributed by atoms with Crippen LogP contribution in [0, 0.1) is 0 Å². The van der Waals surface area contributed by atoms with Crippen molar-refractivity contribution in [2.75, 3.05) is 0 Å². The SMILES string of the molecule is FC(F)(F)c1cc(-c2ccc3c(c2)CCC3)on1. The molecule has 1 aromatic carbocycles. The van der Waals surface area contributed by atoms with Crippen LogP contribution in [0.5, 0.6) is 0 Å². The summed E-state index contributed by atoms with van der Waals surface area (Å²) in [7, 11) is 0. The molecular formula is C13H10F3NO.